The van der Waals surface area contributed by atoms with Gasteiger partial charge < -0.3 is 14.2 Å². The summed E-state index contributed by atoms with van der Waals surface area (Å²) in [7, 11) is 3.11. The maximum absolute atomic E-state index is 13.4. The molecular weight excluding hydrogens is 421 g/mol. The molecule has 1 fully saturated rings. The Morgan fingerprint density at radius 2 is 1.58 bits per heavy atom. The van der Waals surface area contributed by atoms with Crippen molar-refractivity contribution >= 4 is 23.2 Å². The number of ether oxygens (including phenoxy) is 3. The fourth-order valence-electron chi connectivity index (χ4n) is 3.71. The third kappa shape index (κ3) is 3.91. The zero-order valence-corrected chi connectivity index (χ0v) is 18.0. The summed E-state index contributed by atoms with van der Waals surface area (Å²) < 4.78 is 30.3. The summed E-state index contributed by atoms with van der Waals surface area (Å²) >= 11 is 6.05. The van der Waals surface area contributed by atoms with E-state index in [0.717, 1.165) is 11.1 Å². The van der Waals surface area contributed by atoms with Gasteiger partial charge in [-0.1, -0.05) is 17.7 Å². The normalized spacial score (nSPS) is 17.8. The highest BCUT2D eigenvalue weighted by molar-refractivity contribution is 6.30. The van der Waals surface area contributed by atoms with Crippen LogP contribution >= 0.6 is 11.6 Å². The summed E-state index contributed by atoms with van der Waals surface area (Å²) in [5, 5.41) is 0.592. The molecule has 5 nitrogen and oxygen atoms in total. The van der Waals surface area contributed by atoms with Crippen LogP contribution in [0.2, 0.25) is 5.02 Å². The van der Waals surface area contributed by atoms with Crippen LogP contribution in [0.15, 0.2) is 60.7 Å². The van der Waals surface area contributed by atoms with E-state index in [1.54, 1.807) is 55.5 Å². The van der Waals surface area contributed by atoms with Crippen molar-refractivity contribution in [3.63, 3.8) is 0 Å². The number of amides is 1. The first-order valence-corrected chi connectivity index (χ1v) is 10.0. The Kier molecular flexibility index (Phi) is 5.74. The fraction of sp³-hybridized carbons (Fsp3) is 0.208. The molecule has 3 aromatic carbocycles. The van der Waals surface area contributed by atoms with Gasteiger partial charge in [-0.3, -0.25) is 9.69 Å². The van der Waals surface area contributed by atoms with Gasteiger partial charge in [-0.2, -0.15) is 0 Å². The standard InChI is InChI=1S/C24H21ClFNO4/c1-14-12-16(25)5-11-19(14)31-23-22(15-4-10-20(29-2)21(13-15)30-3)27(24(23)28)18-8-6-17(26)7-9-18/h4-13,22-23H,1-3H3/t22-,23-/m1/s1. The van der Waals surface area contributed by atoms with Crippen LogP contribution in [-0.2, 0) is 4.79 Å². The maximum atomic E-state index is 13.4. The van der Waals surface area contributed by atoms with Gasteiger partial charge in [-0.15, -0.1) is 0 Å². The van der Waals surface area contributed by atoms with Crippen LogP contribution in [0.3, 0.4) is 0 Å². The minimum atomic E-state index is -0.761. The average molecular weight is 442 g/mol. The Morgan fingerprint density at radius 3 is 2.23 bits per heavy atom. The van der Waals surface area contributed by atoms with Crippen LogP contribution in [0.5, 0.6) is 17.2 Å². The van der Waals surface area contributed by atoms with Crippen molar-refractivity contribution in [2.75, 3.05) is 19.1 Å². The molecule has 160 valence electrons. The van der Waals surface area contributed by atoms with Crippen LogP contribution in [0.25, 0.3) is 0 Å². The number of β-lactam (4-membered cyclic amide) rings is 1. The highest BCUT2D eigenvalue weighted by Crippen LogP contribution is 2.43. The first kappa shape index (κ1) is 21.0. The molecule has 1 heterocycles. The number of anilines is 1. The number of halogens is 2. The van der Waals surface area contributed by atoms with Gasteiger partial charge in [-0.25, -0.2) is 4.39 Å². The van der Waals surface area contributed by atoms with Crippen LogP contribution in [0.4, 0.5) is 10.1 Å². The lowest BCUT2D eigenvalue weighted by Gasteiger charge is -2.46. The molecule has 31 heavy (non-hydrogen) atoms. The molecule has 0 aromatic heterocycles. The van der Waals surface area contributed by atoms with Gasteiger partial charge in [0.25, 0.3) is 5.91 Å². The van der Waals surface area contributed by atoms with E-state index in [1.807, 2.05) is 19.1 Å². The third-order valence-corrected chi connectivity index (χ3v) is 5.53. The average Bonchev–Trinajstić information content (AvgIpc) is 2.77. The van der Waals surface area contributed by atoms with Crippen molar-refractivity contribution in [2.24, 2.45) is 0 Å². The lowest BCUT2D eigenvalue weighted by Crippen LogP contribution is -2.61. The second-order valence-corrected chi connectivity index (χ2v) is 7.63. The van der Waals surface area contributed by atoms with Crippen LogP contribution in [0.1, 0.15) is 17.2 Å². The van der Waals surface area contributed by atoms with E-state index in [2.05, 4.69) is 0 Å². The zero-order chi connectivity index (χ0) is 22.1. The summed E-state index contributed by atoms with van der Waals surface area (Å²) in [6.45, 7) is 1.87. The summed E-state index contributed by atoms with van der Waals surface area (Å²) in [6, 6.07) is 16.1. The van der Waals surface area contributed by atoms with Gasteiger partial charge in [0.2, 0.25) is 6.10 Å². The lowest BCUT2D eigenvalue weighted by molar-refractivity contribution is -0.135. The Morgan fingerprint density at radius 1 is 0.903 bits per heavy atom. The number of carbonyl (C=O) groups is 1. The van der Waals surface area contributed by atoms with Crippen LogP contribution < -0.4 is 19.1 Å². The largest absolute Gasteiger partial charge is 0.493 e. The summed E-state index contributed by atoms with van der Waals surface area (Å²) in [6.07, 6.45) is -0.761. The maximum Gasteiger partial charge on any atom is 0.271 e. The van der Waals surface area contributed by atoms with Crippen molar-refractivity contribution < 1.29 is 23.4 Å². The highest BCUT2D eigenvalue weighted by Gasteiger charge is 2.51. The van der Waals surface area contributed by atoms with Crippen molar-refractivity contribution in [1.29, 1.82) is 0 Å². The molecule has 7 heteroatoms. The summed E-state index contributed by atoms with van der Waals surface area (Å²) in [5.41, 5.74) is 2.21. The van der Waals surface area contributed by atoms with Gasteiger partial charge in [0.15, 0.2) is 11.5 Å². The van der Waals surface area contributed by atoms with E-state index >= 15 is 0 Å². The smallest absolute Gasteiger partial charge is 0.271 e. The van der Waals surface area contributed by atoms with Crippen LogP contribution in [-0.4, -0.2) is 26.2 Å². The van der Waals surface area contributed by atoms with E-state index in [1.165, 1.54) is 12.1 Å². The molecule has 0 unspecified atom stereocenters. The second kappa shape index (κ2) is 8.47. The number of carbonyl (C=O) groups excluding carboxylic acids is 1. The summed E-state index contributed by atoms with van der Waals surface area (Å²) in [5.74, 6) is 1.10. The van der Waals surface area contributed by atoms with E-state index in [0.29, 0.717) is 28.0 Å². The summed E-state index contributed by atoms with van der Waals surface area (Å²) in [4.78, 5) is 14.7. The molecule has 0 spiro atoms. The molecule has 1 aliphatic rings. The molecular formula is C24H21ClFNO4. The van der Waals surface area contributed by atoms with E-state index in [4.69, 9.17) is 25.8 Å². The molecule has 0 aliphatic carbocycles. The number of nitrogens with zero attached hydrogens (tertiary/aromatic N) is 1. The van der Waals surface area contributed by atoms with Crippen molar-refractivity contribution in [3.05, 3.63) is 82.6 Å². The Bertz CT molecular complexity index is 1120. The van der Waals surface area contributed by atoms with Gasteiger partial charge in [-0.05, 0) is 72.6 Å². The number of methoxy groups -OCH3 is 2. The van der Waals surface area contributed by atoms with Gasteiger partial charge in [0.05, 0.1) is 14.2 Å². The number of benzene rings is 3. The Hall–Kier alpha value is -3.25. The van der Waals surface area contributed by atoms with Crippen molar-refractivity contribution in [2.45, 2.75) is 19.1 Å². The minimum Gasteiger partial charge on any atom is -0.493 e. The first-order chi connectivity index (χ1) is 14.9. The molecule has 0 N–H and O–H groups in total. The number of rotatable bonds is 6. The zero-order valence-electron chi connectivity index (χ0n) is 17.3. The van der Waals surface area contributed by atoms with E-state index in [-0.39, 0.29) is 11.7 Å². The monoisotopic (exact) mass is 441 g/mol. The number of hydrogen-bond donors (Lipinski definition) is 0. The molecule has 4 rings (SSSR count). The first-order valence-electron chi connectivity index (χ1n) is 9.66. The topological polar surface area (TPSA) is 48.0 Å². The number of aryl methyl sites for hydroxylation is 1. The fourth-order valence-corrected chi connectivity index (χ4v) is 3.94. The van der Waals surface area contributed by atoms with Gasteiger partial charge in [0.1, 0.15) is 17.6 Å². The van der Waals surface area contributed by atoms with Crippen LogP contribution in [0, 0.1) is 12.7 Å². The van der Waals surface area contributed by atoms with E-state index < -0.39 is 12.1 Å². The van der Waals surface area contributed by atoms with Crippen molar-refractivity contribution in [3.8, 4) is 17.2 Å². The van der Waals surface area contributed by atoms with E-state index in [9.17, 15) is 9.18 Å². The molecule has 1 saturated heterocycles. The highest BCUT2D eigenvalue weighted by atomic mass is 35.5. The lowest BCUT2D eigenvalue weighted by atomic mass is 9.89. The Labute approximate surface area is 184 Å². The van der Waals surface area contributed by atoms with Gasteiger partial charge in [0, 0.05) is 10.7 Å². The predicted molar refractivity (Wildman–Crippen MR) is 117 cm³/mol. The van der Waals surface area contributed by atoms with Gasteiger partial charge >= 0.3 is 0 Å². The SMILES string of the molecule is COc1ccc([C@@H]2[C@@H](Oc3ccc(Cl)cc3C)C(=O)N2c2ccc(F)cc2)cc1OC. The molecule has 0 saturated carbocycles. The molecule has 1 aliphatic heterocycles. The molecule has 2 atom stereocenters. The molecule has 0 radical (unpaired) electrons. The predicted octanol–water partition coefficient (Wildman–Crippen LogP) is 5.34. The van der Waals surface area contributed by atoms with Crippen molar-refractivity contribution in [1.82, 2.24) is 0 Å². The quantitative estimate of drug-likeness (QED) is 0.484. The second-order valence-electron chi connectivity index (χ2n) is 7.19. The molecule has 1 amide bonds. The minimum absolute atomic E-state index is 0.222. The molecule has 0 bridgehead atoms. The Balaban J connectivity index is 1.73. The number of hydrogen-bond acceptors (Lipinski definition) is 4. The molecule has 3 aromatic rings. The third-order valence-electron chi connectivity index (χ3n) is 5.29.